The quantitative estimate of drug-likeness (QED) is 0.633. The van der Waals surface area contributed by atoms with E-state index in [2.05, 4.69) is 9.97 Å². The highest BCUT2D eigenvalue weighted by Gasteiger charge is 2.09. The Bertz CT molecular complexity index is 540. The van der Waals surface area contributed by atoms with E-state index >= 15 is 0 Å². The van der Waals surface area contributed by atoms with Crippen molar-refractivity contribution in [1.29, 1.82) is 0 Å². The molecule has 0 aliphatic carbocycles. The molecule has 0 spiro atoms. The fourth-order valence-corrected chi connectivity index (χ4v) is 1.66. The van der Waals surface area contributed by atoms with E-state index in [1.807, 2.05) is 0 Å². The zero-order chi connectivity index (χ0) is 12.3. The molecule has 0 saturated carbocycles. The topological polar surface area (TPSA) is 42.9 Å². The van der Waals surface area contributed by atoms with Crippen LogP contribution in [0.4, 0.5) is 0 Å². The molecule has 17 heavy (non-hydrogen) atoms. The first kappa shape index (κ1) is 12.0. The standard InChI is InChI=1S/C12H8Cl2N2O/c13-10-7-15-4-3-8(10)5-11(17)9-1-2-12(14)16-6-9/h1-4,6-7H,5H2. The molecule has 0 aromatic carbocycles. The van der Waals surface area contributed by atoms with Crippen molar-refractivity contribution in [3.63, 3.8) is 0 Å². The van der Waals surface area contributed by atoms with Gasteiger partial charge in [-0.05, 0) is 23.8 Å². The molecule has 3 nitrogen and oxygen atoms in total. The van der Waals surface area contributed by atoms with E-state index in [1.54, 1.807) is 24.4 Å². The number of halogens is 2. The number of carbonyl (C=O) groups excluding carboxylic acids is 1. The summed E-state index contributed by atoms with van der Waals surface area (Å²) >= 11 is 11.6. The lowest BCUT2D eigenvalue weighted by molar-refractivity contribution is 0.0992. The summed E-state index contributed by atoms with van der Waals surface area (Å²) in [6.07, 6.45) is 4.81. The third kappa shape index (κ3) is 3.02. The van der Waals surface area contributed by atoms with Gasteiger partial charge in [0.2, 0.25) is 0 Å². The number of pyridine rings is 2. The number of nitrogens with zero attached hydrogens (tertiary/aromatic N) is 2. The van der Waals surface area contributed by atoms with Gasteiger partial charge in [-0.3, -0.25) is 9.78 Å². The molecule has 0 unspecified atom stereocenters. The van der Waals surface area contributed by atoms with Crippen LogP contribution in [-0.2, 0) is 6.42 Å². The summed E-state index contributed by atoms with van der Waals surface area (Å²) < 4.78 is 0. The number of hydrogen-bond donors (Lipinski definition) is 0. The Morgan fingerprint density at radius 1 is 1.18 bits per heavy atom. The van der Waals surface area contributed by atoms with Crippen LogP contribution in [0, 0.1) is 0 Å². The van der Waals surface area contributed by atoms with Crippen LogP contribution in [0.3, 0.4) is 0 Å². The number of carbonyl (C=O) groups is 1. The van der Waals surface area contributed by atoms with Crippen LogP contribution in [0.2, 0.25) is 10.2 Å². The van der Waals surface area contributed by atoms with Gasteiger partial charge in [0.05, 0.1) is 5.02 Å². The van der Waals surface area contributed by atoms with Crippen LogP contribution in [0.5, 0.6) is 0 Å². The van der Waals surface area contributed by atoms with Crippen molar-refractivity contribution >= 4 is 29.0 Å². The molecule has 0 fully saturated rings. The largest absolute Gasteiger partial charge is 0.294 e. The average Bonchev–Trinajstić information content (AvgIpc) is 2.33. The third-order valence-electron chi connectivity index (χ3n) is 2.26. The van der Waals surface area contributed by atoms with Gasteiger partial charge >= 0.3 is 0 Å². The normalized spacial score (nSPS) is 10.2. The van der Waals surface area contributed by atoms with Crippen LogP contribution in [0.1, 0.15) is 15.9 Å². The van der Waals surface area contributed by atoms with Gasteiger partial charge in [-0.15, -0.1) is 0 Å². The summed E-state index contributed by atoms with van der Waals surface area (Å²) in [5, 5.41) is 0.853. The summed E-state index contributed by atoms with van der Waals surface area (Å²) in [7, 11) is 0. The van der Waals surface area contributed by atoms with E-state index in [-0.39, 0.29) is 12.2 Å². The lowest BCUT2D eigenvalue weighted by atomic mass is 10.1. The molecular formula is C12H8Cl2N2O. The summed E-state index contributed by atoms with van der Waals surface area (Å²) in [4.78, 5) is 19.6. The maximum Gasteiger partial charge on any atom is 0.168 e. The van der Waals surface area contributed by atoms with Crippen LogP contribution in [0.15, 0.2) is 36.8 Å². The van der Waals surface area contributed by atoms with Crippen molar-refractivity contribution in [2.45, 2.75) is 6.42 Å². The second kappa shape index (κ2) is 5.25. The van der Waals surface area contributed by atoms with Gasteiger partial charge in [0.25, 0.3) is 0 Å². The number of rotatable bonds is 3. The van der Waals surface area contributed by atoms with Gasteiger partial charge in [-0.2, -0.15) is 0 Å². The molecule has 0 atom stereocenters. The van der Waals surface area contributed by atoms with Crippen LogP contribution < -0.4 is 0 Å². The Morgan fingerprint density at radius 2 is 2.00 bits per heavy atom. The van der Waals surface area contributed by atoms with Crippen LogP contribution in [-0.4, -0.2) is 15.8 Å². The van der Waals surface area contributed by atoms with Gasteiger partial charge in [0.15, 0.2) is 5.78 Å². The molecule has 0 aliphatic heterocycles. The predicted molar refractivity (Wildman–Crippen MR) is 66.5 cm³/mol. The van der Waals surface area contributed by atoms with Crippen LogP contribution >= 0.6 is 23.2 Å². The monoisotopic (exact) mass is 266 g/mol. The number of ketones is 1. The van der Waals surface area contributed by atoms with Gasteiger partial charge in [-0.25, -0.2) is 4.98 Å². The Labute approximate surface area is 108 Å². The Kier molecular flexibility index (Phi) is 3.71. The third-order valence-corrected chi connectivity index (χ3v) is 2.82. The molecule has 2 aromatic rings. The van der Waals surface area contributed by atoms with Crippen molar-refractivity contribution in [3.05, 3.63) is 58.1 Å². The van der Waals surface area contributed by atoms with Crippen molar-refractivity contribution in [2.24, 2.45) is 0 Å². The van der Waals surface area contributed by atoms with Gasteiger partial charge in [0, 0.05) is 30.6 Å². The van der Waals surface area contributed by atoms with E-state index in [9.17, 15) is 4.79 Å². The predicted octanol–water partition coefficient (Wildman–Crippen LogP) is 3.21. The van der Waals surface area contributed by atoms with Crippen molar-refractivity contribution in [3.8, 4) is 0 Å². The number of aromatic nitrogens is 2. The zero-order valence-corrected chi connectivity index (χ0v) is 10.2. The maximum absolute atomic E-state index is 11.9. The summed E-state index contributed by atoms with van der Waals surface area (Å²) in [5.41, 5.74) is 1.27. The SMILES string of the molecule is O=C(Cc1ccncc1Cl)c1ccc(Cl)nc1. The summed E-state index contributed by atoms with van der Waals surface area (Å²) in [5.74, 6) is -0.0535. The molecule has 0 radical (unpaired) electrons. The first-order valence-corrected chi connectivity index (χ1v) is 5.65. The highest BCUT2D eigenvalue weighted by atomic mass is 35.5. The van der Waals surface area contributed by atoms with E-state index in [0.717, 1.165) is 5.56 Å². The van der Waals surface area contributed by atoms with E-state index < -0.39 is 0 Å². The molecule has 0 N–H and O–H groups in total. The summed E-state index contributed by atoms with van der Waals surface area (Å²) in [6, 6.07) is 4.96. The molecule has 0 saturated heterocycles. The lowest BCUT2D eigenvalue weighted by Gasteiger charge is -2.02. The lowest BCUT2D eigenvalue weighted by Crippen LogP contribution is -2.04. The molecule has 2 rings (SSSR count). The zero-order valence-electron chi connectivity index (χ0n) is 8.73. The smallest absolute Gasteiger partial charge is 0.168 e. The molecule has 86 valence electrons. The highest BCUT2D eigenvalue weighted by Crippen LogP contribution is 2.16. The van der Waals surface area contributed by atoms with Crippen molar-refractivity contribution in [1.82, 2.24) is 9.97 Å². The highest BCUT2D eigenvalue weighted by molar-refractivity contribution is 6.31. The number of Topliss-reactive ketones (excluding diaryl/α,β-unsaturated/α-hetero) is 1. The fraction of sp³-hybridized carbons (Fsp3) is 0.0833. The van der Waals surface area contributed by atoms with E-state index in [1.165, 1.54) is 12.4 Å². The van der Waals surface area contributed by atoms with Crippen LogP contribution in [0.25, 0.3) is 0 Å². The van der Waals surface area contributed by atoms with Gasteiger partial charge < -0.3 is 0 Å². The van der Waals surface area contributed by atoms with Crippen molar-refractivity contribution < 1.29 is 4.79 Å². The van der Waals surface area contributed by atoms with Crippen molar-refractivity contribution in [2.75, 3.05) is 0 Å². The summed E-state index contributed by atoms with van der Waals surface area (Å²) in [6.45, 7) is 0. The molecule has 0 aliphatic rings. The molecule has 0 bridgehead atoms. The first-order valence-electron chi connectivity index (χ1n) is 4.90. The minimum atomic E-state index is -0.0535. The average molecular weight is 267 g/mol. The second-order valence-electron chi connectivity index (χ2n) is 3.44. The first-order chi connectivity index (χ1) is 8.16. The minimum Gasteiger partial charge on any atom is -0.294 e. The number of hydrogen-bond acceptors (Lipinski definition) is 3. The fourth-order valence-electron chi connectivity index (χ4n) is 1.36. The molecule has 0 amide bonds. The van der Waals surface area contributed by atoms with Gasteiger partial charge in [-0.1, -0.05) is 23.2 Å². The van der Waals surface area contributed by atoms with Gasteiger partial charge in [0.1, 0.15) is 5.15 Å². The molecular weight excluding hydrogens is 259 g/mol. The Balaban J connectivity index is 2.17. The molecule has 2 heterocycles. The van der Waals surface area contributed by atoms with E-state index in [0.29, 0.717) is 15.7 Å². The minimum absolute atomic E-state index is 0.0535. The molecule has 5 heteroatoms. The van der Waals surface area contributed by atoms with E-state index in [4.69, 9.17) is 23.2 Å². The Morgan fingerprint density at radius 3 is 2.65 bits per heavy atom. The second-order valence-corrected chi connectivity index (χ2v) is 4.23. The maximum atomic E-state index is 11.9. The Hall–Kier alpha value is -1.45. The molecule has 2 aromatic heterocycles.